The van der Waals surface area contributed by atoms with Gasteiger partial charge in [0.15, 0.2) is 0 Å². The highest BCUT2D eigenvalue weighted by molar-refractivity contribution is 5.97. The summed E-state index contributed by atoms with van der Waals surface area (Å²) >= 11 is 0. The van der Waals surface area contributed by atoms with Gasteiger partial charge in [-0.3, -0.25) is 9.69 Å². The van der Waals surface area contributed by atoms with Crippen LogP contribution in [0.25, 0.3) is 21.9 Å². The number of carbonyl (C=O) groups is 2. The number of aromatic hydroxyl groups is 1. The molecule has 6 heteroatoms. The van der Waals surface area contributed by atoms with Gasteiger partial charge in [0.2, 0.25) is 5.91 Å². The summed E-state index contributed by atoms with van der Waals surface area (Å²) in [5, 5.41) is 14.6. The summed E-state index contributed by atoms with van der Waals surface area (Å²) in [6.07, 6.45) is 0.886. The fraction of sp³-hybridized carbons (Fsp3) is 0.172. The fourth-order valence-corrected chi connectivity index (χ4v) is 4.47. The molecule has 1 unspecified atom stereocenters. The van der Waals surface area contributed by atoms with E-state index in [-0.39, 0.29) is 18.3 Å². The van der Waals surface area contributed by atoms with E-state index in [2.05, 4.69) is 11.4 Å². The van der Waals surface area contributed by atoms with Crippen LogP contribution >= 0.6 is 0 Å². The average molecular weight is 467 g/mol. The third-order valence-electron chi connectivity index (χ3n) is 6.28. The number of benzene rings is 4. The van der Waals surface area contributed by atoms with Crippen LogP contribution in [0.5, 0.6) is 5.75 Å². The van der Waals surface area contributed by atoms with Crippen molar-refractivity contribution >= 4 is 28.5 Å². The lowest BCUT2D eigenvalue weighted by Crippen LogP contribution is -2.43. The lowest BCUT2D eigenvalue weighted by Gasteiger charge is -2.23. The highest BCUT2D eigenvalue weighted by atomic mass is 16.6. The minimum atomic E-state index is -0.560. The Kier molecular flexibility index (Phi) is 6.35. The standard InChI is InChI=1S/C29H26N2O4/c32-26-14-13-23-16-22(11-12-24(23)18-26)21-8-4-9-25(17-21)30-28(33)27-10-5-15-31(27)29(34)35-19-20-6-2-1-3-7-20/h1-4,6-9,11-14,16-18,27,32H,5,10,15,19H2,(H,30,33). The Morgan fingerprint density at radius 2 is 1.66 bits per heavy atom. The summed E-state index contributed by atoms with van der Waals surface area (Å²) in [6.45, 7) is 0.677. The average Bonchev–Trinajstić information content (AvgIpc) is 3.38. The SMILES string of the molecule is O=C(Nc1cccc(-c2ccc3cc(O)ccc3c2)c1)C1CCCN1C(=O)OCc1ccccc1. The van der Waals surface area contributed by atoms with Crippen molar-refractivity contribution in [3.05, 3.63) is 96.6 Å². The van der Waals surface area contributed by atoms with Crippen LogP contribution in [0.1, 0.15) is 18.4 Å². The summed E-state index contributed by atoms with van der Waals surface area (Å²) < 4.78 is 5.45. The Morgan fingerprint density at radius 3 is 2.51 bits per heavy atom. The van der Waals surface area contributed by atoms with Crippen molar-refractivity contribution in [2.45, 2.75) is 25.5 Å². The van der Waals surface area contributed by atoms with Crippen molar-refractivity contribution < 1.29 is 19.4 Å². The van der Waals surface area contributed by atoms with Crippen molar-refractivity contribution in [2.75, 3.05) is 11.9 Å². The van der Waals surface area contributed by atoms with E-state index in [1.54, 1.807) is 12.1 Å². The van der Waals surface area contributed by atoms with Gasteiger partial charge < -0.3 is 15.2 Å². The van der Waals surface area contributed by atoms with Crippen LogP contribution in [0.15, 0.2) is 91.0 Å². The van der Waals surface area contributed by atoms with Crippen LogP contribution in [-0.2, 0) is 16.1 Å². The predicted octanol–water partition coefficient (Wildman–Crippen LogP) is 5.95. The first kappa shape index (κ1) is 22.5. The van der Waals surface area contributed by atoms with Crippen LogP contribution in [0, 0.1) is 0 Å². The summed E-state index contributed by atoms with van der Waals surface area (Å²) in [4.78, 5) is 27.3. The van der Waals surface area contributed by atoms with E-state index >= 15 is 0 Å². The maximum absolute atomic E-state index is 13.1. The number of fused-ring (bicyclic) bond motifs is 1. The van der Waals surface area contributed by atoms with E-state index in [1.165, 1.54) is 4.90 Å². The molecule has 0 saturated carbocycles. The number of hydrogen-bond donors (Lipinski definition) is 2. The van der Waals surface area contributed by atoms with E-state index in [0.717, 1.165) is 33.9 Å². The van der Waals surface area contributed by atoms with Crippen molar-refractivity contribution in [2.24, 2.45) is 0 Å². The summed E-state index contributed by atoms with van der Waals surface area (Å²) in [5.41, 5.74) is 3.54. The predicted molar refractivity (Wildman–Crippen MR) is 136 cm³/mol. The van der Waals surface area contributed by atoms with Crippen molar-refractivity contribution in [3.63, 3.8) is 0 Å². The molecule has 1 aliphatic heterocycles. The molecule has 2 amide bonds. The van der Waals surface area contributed by atoms with Gasteiger partial charge in [-0.25, -0.2) is 4.79 Å². The molecule has 0 aliphatic carbocycles. The van der Waals surface area contributed by atoms with Gasteiger partial charge in [-0.2, -0.15) is 0 Å². The molecule has 4 aromatic rings. The van der Waals surface area contributed by atoms with Gasteiger partial charge >= 0.3 is 6.09 Å². The largest absolute Gasteiger partial charge is 0.508 e. The van der Waals surface area contributed by atoms with Gasteiger partial charge in [-0.05, 0) is 70.6 Å². The number of nitrogens with one attached hydrogen (secondary N) is 1. The molecule has 1 heterocycles. The van der Waals surface area contributed by atoms with Crippen molar-refractivity contribution in [1.29, 1.82) is 0 Å². The lowest BCUT2D eigenvalue weighted by molar-refractivity contribution is -0.120. The van der Waals surface area contributed by atoms with Gasteiger partial charge in [-0.1, -0.05) is 60.7 Å². The summed E-state index contributed by atoms with van der Waals surface area (Å²) in [7, 11) is 0. The Morgan fingerprint density at radius 1 is 0.886 bits per heavy atom. The zero-order valence-electron chi connectivity index (χ0n) is 19.2. The molecule has 35 heavy (non-hydrogen) atoms. The molecule has 2 N–H and O–H groups in total. The highest BCUT2D eigenvalue weighted by Gasteiger charge is 2.35. The Hall–Kier alpha value is -4.32. The molecule has 1 saturated heterocycles. The number of ether oxygens (including phenoxy) is 1. The van der Waals surface area contributed by atoms with Gasteiger partial charge in [0.1, 0.15) is 18.4 Å². The van der Waals surface area contributed by atoms with Gasteiger partial charge in [0.25, 0.3) is 0 Å². The number of phenolic OH excluding ortho intramolecular Hbond substituents is 1. The van der Waals surface area contributed by atoms with Crippen LogP contribution < -0.4 is 5.32 Å². The van der Waals surface area contributed by atoms with E-state index in [4.69, 9.17) is 4.74 Å². The molecular weight excluding hydrogens is 440 g/mol. The fourth-order valence-electron chi connectivity index (χ4n) is 4.47. The topological polar surface area (TPSA) is 78.9 Å². The third kappa shape index (κ3) is 5.11. The molecule has 0 radical (unpaired) electrons. The monoisotopic (exact) mass is 466 g/mol. The molecule has 5 rings (SSSR count). The zero-order chi connectivity index (χ0) is 24.2. The molecular formula is C29H26N2O4. The van der Waals surface area contributed by atoms with Crippen LogP contribution in [-0.4, -0.2) is 34.6 Å². The minimum absolute atomic E-state index is 0.179. The number of phenols is 1. The van der Waals surface area contributed by atoms with Gasteiger partial charge in [-0.15, -0.1) is 0 Å². The van der Waals surface area contributed by atoms with E-state index in [9.17, 15) is 14.7 Å². The quantitative estimate of drug-likeness (QED) is 0.381. The maximum Gasteiger partial charge on any atom is 0.410 e. The molecule has 1 aliphatic rings. The minimum Gasteiger partial charge on any atom is -0.508 e. The number of anilines is 1. The third-order valence-corrected chi connectivity index (χ3v) is 6.28. The molecule has 0 spiro atoms. The second-order valence-electron chi connectivity index (χ2n) is 8.71. The lowest BCUT2D eigenvalue weighted by atomic mass is 10.0. The Bertz CT molecular complexity index is 1370. The summed E-state index contributed by atoms with van der Waals surface area (Å²) in [5.74, 6) is 0.0187. The smallest absolute Gasteiger partial charge is 0.410 e. The van der Waals surface area contributed by atoms with Crippen LogP contribution in [0.4, 0.5) is 10.5 Å². The number of carbonyl (C=O) groups excluding carboxylic acids is 2. The molecule has 1 atom stereocenters. The normalized spacial score (nSPS) is 15.2. The number of rotatable bonds is 5. The van der Waals surface area contributed by atoms with Crippen LogP contribution in [0.3, 0.4) is 0 Å². The molecule has 0 bridgehead atoms. The summed E-state index contributed by atoms with van der Waals surface area (Å²) in [6, 6.07) is 27.9. The molecule has 176 valence electrons. The van der Waals surface area contributed by atoms with E-state index < -0.39 is 12.1 Å². The Labute approximate surface area is 203 Å². The molecule has 0 aromatic heterocycles. The number of likely N-dealkylation sites (tertiary alicyclic amines) is 1. The highest BCUT2D eigenvalue weighted by Crippen LogP contribution is 2.29. The molecule has 1 fully saturated rings. The van der Waals surface area contributed by atoms with E-state index in [1.807, 2.05) is 72.8 Å². The second kappa shape index (κ2) is 9.89. The first-order valence-corrected chi connectivity index (χ1v) is 11.7. The molecule has 4 aromatic carbocycles. The number of nitrogens with zero attached hydrogens (tertiary/aromatic N) is 1. The number of hydrogen-bond acceptors (Lipinski definition) is 4. The first-order valence-electron chi connectivity index (χ1n) is 11.7. The number of amides is 2. The zero-order valence-corrected chi connectivity index (χ0v) is 19.2. The van der Waals surface area contributed by atoms with Crippen molar-refractivity contribution in [3.8, 4) is 16.9 Å². The first-order chi connectivity index (χ1) is 17.1. The van der Waals surface area contributed by atoms with Gasteiger partial charge in [0, 0.05) is 12.2 Å². The molecule has 6 nitrogen and oxygen atoms in total. The van der Waals surface area contributed by atoms with E-state index in [0.29, 0.717) is 18.7 Å². The van der Waals surface area contributed by atoms with Gasteiger partial charge in [0.05, 0.1) is 0 Å². The van der Waals surface area contributed by atoms with Crippen molar-refractivity contribution in [1.82, 2.24) is 4.90 Å². The second-order valence-corrected chi connectivity index (χ2v) is 8.71. The maximum atomic E-state index is 13.1. The van der Waals surface area contributed by atoms with Crippen LogP contribution in [0.2, 0.25) is 0 Å². The Balaban J connectivity index is 1.27.